The van der Waals surface area contributed by atoms with Gasteiger partial charge in [-0.15, -0.1) is 11.8 Å². The second-order valence-corrected chi connectivity index (χ2v) is 12.8. The van der Waals surface area contributed by atoms with Crippen LogP contribution in [-0.2, 0) is 26.2 Å². The number of nitrogens with one attached hydrogen (secondary N) is 1. The Morgan fingerprint density at radius 1 is 0.976 bits per heavy atom. The topological polar surface area (TPSA) is 96.0 Å². The molecule has 3 rings (SSSR count). The second-order valence-electron chi connectivity index (χ2n) is 9.69. The molecule has 0 heterocycles. The highest BCUT2D eigenvalue weighted by atomic mass is 35.5. The lowest BCUT2D eigenvalue weighted by Gasteiger charge is -2.33. The molecular formula is C31H38ClN3O5S2. The fourth-order valence-electron chi connectivity index (χ4n) is 4.19. The molecule has 0 bridgehead atoms. The summed E-state index contributed by atoms with van der Waals surface area (Å²) < 4.78 is 35.1. The Labute approximate surface area is 258 Å². The Balaban J connectivity index is 2.09. The van der Waals surface area contributed by atoms with E-state index in [-0.39, 0.29) is 29.1 Å². The first-order chi connectivity index (χ1) is 20.0. The molecule has 0 aliphatic heterocycles. The molecule has 42 heavy (non-hydrogen) atoms. The Kier molecular flexibility index (Phi) is 12.1. The van der Waals surface area contributed by atoms with Gasteiger partial charge >= 0.3 is 0 Å². The molecule has 2 amide bonds. The van der Waals surface area contributed by atoms with Gasteiger partial charge in [-0.2, -0.15) is 0 Å². The molecule has 2 atom stereocenters. The number of para-hydroxylation sites is 2. The normalized spacial score (nSPS) is 12.7. The molecule has 1 N–H and O–H groups in total. The largest absolute Gasteiger partial charge is 0.492 e. The van der Waals surface area contributed by atoms with Gasteiger partial charge in [0.05, 0.1) is 17.2 Å². The molecule has 11 heteroatoms. The number of sulfonamides is 1. The Bertz CT molecular complexity index is 1470. The van der Waals surface area contributed by atoms with Crippen LogP contribution in [0.1, 0.15) is 39.7 Å². The summed E-state index contributed by atoms with van der Waals surface area (Å²) in [6, 6.07) is 19.2. The van der Waals surface area contributed by atoms with Crippen molar-refractivity contribution in [3.63, 3.8) is 0 Å². The van der Waals surface area contributed by atoms with Crippen molar-refractivity contribution < 1.29 is 22.7 Å². The summed E-state index contributed by atoms with van der Waals surface area (Å²) in [7, 11) is -4.23. The number of benzene rings is 3. The highest BCUT2D eigenvalue weighted by Crippen LogP contribution is 2.33. The Morgan fingerprint density at radius 2 is 1.62 bits per heavy atom. The second kappa shape index (κ2) is 15.3. The van der Waals surface area contributed by atoms with Gasteiger partial charge in [0.2, 0.25) is 11.8 Å². The van der Waals surface area contributed by atoms with E-state index < -0.39 is 28.5 Å². The summed E-state index contributed by atoms with van der Waals surface area (Å²) in [5.74, 6) is -0.601. The summed E-state index contributed by atoms with van der Waals surface area (Å²) >= 11 is 7.93. The molecule has 0 saturated carbocycles. The van der Waals surface area contributed by atoms with Gasteiger partial charge < -0.3 is 15.0 Å². The van der Waals surface area contributed by atoms with Gasteiger partial charge in [0, 0.05) is 22.5 Å². The molecule has 0 radical (unpaired) electrons. The third-order valence-corrected chi connectivity index (χ3v) is 9.71. The lowest BCUT2D eigenvalue weighted by Crippen LogP contribution is -2.52. The first-order valence-electron chi connectivity index (χ1n) is 13.7. The smallest absolute Gasteiger partial charge is 0.264 e. The lowest BCUT2D eigenvalue weighted by molar-refractivity contribution is -0.139. The summed E-state index contributed by atoms with van der Waals surface area (Å²) in [6.45, 7) is 7.00. The van der Waals surface area contributed by atoms with Crippen LogP contribution < -0.4 is 14.4 Å². The van der Waals surface area contributed by atoms with E-state index >= 15 is 0 Å². The number of rotatable bonds is 14. The van der Waals surface area contributed by atoms with E-state index in [1.54, 1.807) is 74.5 Å². The number of carbonyl (C=O) groups excluding carboxylic acids is 2. The van der Waals surface area contributed by atoms with Crippen LogP contribution in [0.25, 0.3) is 0 Å². The maximum atomic E-state index is 14.1. The van der Waals surface area contributed by atoms with E-state index in [4.69, 9.17) is 16.3 Å². The fourth-order valence-corrected chi connectivity index (χ4v) is 6.22. The van der Waals surface area contributed by atoms with Gasteiger partial charge in [0.25, 0.3) is 10.0 Å². The number of nitrogens with zero attached hydrogens (tertiary/aromatic N) is 2. The maximum Gasteiger partial charge on any atom is 0.264 e. The summed E-state index contributed by atoms with van der Waals surface area (Å²) in [6.07, 6.45) is 2.62. The minimum atomic E-state index is -4.23. The van der Waals surface area contributed by atoms with Crippen LogP contribution >= 0.6 is 23.4 Å². The van der Waals surface area contributed by atoms with E-state index in [1.807, 2.05) is 20.1 Å². The van der Waals surface area contributed by atoms with E-state index in [9.17, 15) is 18.0 Å². The van der Waals surface area contributed by atoms with Crippen LogP contribution in [0.5, 0.6) is 5.75 Å². The highest BCUT2D eigenvalue weighted by molar-refractivity contribution is 7.98. The van der Waals surface area contributed by atoms with Crippen molar-refractivity contribution in [2.75, 3.05) is 23.7 Å². The van der Waals surface area contributed by atoms with Crippen molar-refractivity contribution in [3.8, 4) is 5.75 Å². The van der Waals surface area contributed by atoms with Crippen molar-refractivity contribution in [2.24, 2.45) is 0 Å². The molecule has 0 aliphatic rings. The summed E-state index contributed by atoms with van der Waals surface area (Å²) in [4.78, 5) is 29.7. The summed E-state index contributed by atoms with van der Waals surface area (Å²) in [5, 5.41) is 3.36. The minimum Gasteiger partial charge on any atom is -0.492 e. The molecule has 0 fully saturated rings. The van der Waals surface area contributed by atoms with Crippen molar-refractivity contribution in [1.82, 2.24) is 10.2 Å². The van der Waals surface area contributed by atoms with Crippen LogP contribution in [0.2, 0.25) is 5.02 Å². The van der Waals surface area contributed by atoms with E-state index in [1.165, 1.54) is 28.8 Å². The van der Waals surface area contributed by atoms with Crippen molar-refractivity contribution >= 4 is 50.9 Å². The number of anilines is 1. The molecule has 3 aromatic rings. The Morgan fingerprint density at radius 3 is 2.24 bits per heavy atom. The first-order valence-corrected chi connectivity index (χ1v) is 16.8. The zero-order valence-electron chi connectivity index (χ0n) is 24.5. The predicted molar refractivity (Wildman–Crippen MR) is 170 cm³/mol. The number of amides is 2. The molecule has 0 aromatic heterocycles. The fraction of sp³-hybridized carbons (Fsp3) is 0.355. The molecule has 0 aliphatic carbocycles. The van der Waals surface area contributed by atoms with Crippen molar-refractivity contribution in [3.05, 3.63) is 83.4 Å². The number of halogens is 1. The lowest BCUT2D eigenvalue weighted by atomic mass is 10.1. The van der Waals surface area contributed by atoms with Crippen molar-refractivity contribution in [1.29, 1.82) is 0 Å². The first kappa shape index (κ1) is 33.3. The average Bonchev–Trinajstić information content (AvgIpc) is 2.99. The van der Waals surface area contributed by atoms with Crippen molar-refractivity contribution in [2.45, 2.75) is 62.5 Å². The third kappa shape index (κ3) is 8.20. The zero-order chi connectivity index (χ0) is 30.9. The van der Waals surface area contributed by atoms with Crippen LogP contribution in [0, 0.1) is 0 Å². The standard InChI is InChI=1S/C31H38ClN3O5S2/c1-6-22(3)33-31(37)23(4)34(20-24-12-8-9-13-27(24)32)30(36)21-35(28-14-10-11-15-29(28)40-7-2)42(38,39)26-18-16-25(41-5)17-19-26/h8-19,22-23H,6-7,20-21H2,1-5H3,(H,33,37)/t22-,23-/m0/s1. The van der Waals surface area contributed by atoms with Gasteiger partial charge in [-0.3, -0.25) is 13.9 Å². The van der Waals surface area contributed by atoms with Crippen LogP contribution in [-0.4, -0.2) is 56.6 Å². The van der Waals surface area contributed by atoms with Gasteiger partial charge in [-0.1, -0.05) is 48.9 Å². The molecule has 0 spiro atoms. The van der Waals surface area contributed by atoms with Crippen LogP contribution in [0.3, 0.4) is 0 Å². The number of thioether (sulfide) groups is 1. The number of hydrogen-bond acceptors (Lipinski definition) is 6. The number of carbonyl (C=O) groups is 2. The highest BCUT2D eigenvalue weighted by Gasteiger charge is 2.34. The SMILES string of the molecule is CCOc1ccccc1N(CC(=O)N(Cc1ccccc1Cl)[C@@H](C)C(=O)N[C@@H](C)CC)S(=O)(=O)c1ccc(SC)cc1. The van der Waals surface area contributed by atoms with Gasteiger partial charge in [-0.05, 0) is 81.5 Å². The molecule has 0 unspecified atom stereocenters. The Hall–Kier alpha value is -3.21. The molecule has 0 saturated heterocycles. The van der Waals surface area contributed by atoms with E-state index in [0.29, 0.717) is 29.4 Å². The summed E-state index contributed by atoms with van der Waals surface area (Å²) in [5.41, 5.74) is 0.850. The molecule has 8 nitrogen and oxygen atoms in total. The average molecular weight is 632 g/mol. The quantitative estimate of drug-likeness (QED) is 0.220. The number of hydrogen-bond donors (Lipinski definition) is 1. The van der Waals surface area contributed by atoms with Crippen LogP contribution in [0.4, 0.5) is 5.69 Å². The zero-order valence-corrected chi connectivity index (χ0v) is 26.9. The third-order valence-electron chi connectivity index (χ3n) is 6.83. The van der Waals surface area contributed by atoms with Gasteiger partial charge in [0.15, 0.2) is 0 Å². The monoisotopic (exact) mass is 631 g/mol. The van der Waals surface area contributed by atoms with E-state index in [0.717, 1.165) is 9.20 Å². The number of ether oxygens (including phenoxy) is 1. The molecule has 226 valence electrons. The van der Waals surface area contributed by atoms with Gasteiger partial charge in [-0.25, -0.2) is 8.42 Å². The molecule has 3 aromatic carbocycles. The minimum absolute atomic E-state index is 0.0109. The van der Waals surface area contributed by atoms with Gasteiger partial charge in [0.1, 0.15) is 18.3 Å². The molecular weight excluding hydrogens is 594 g/mol. The predicted octanol–water partition coefficient (Wildman–Crippen LogP) is 5.99. The maximum absolute atomic E-state index is 14.1. The van der Waals surface area contributed by atoms with Crippen LogP contribution in [0.15, 0.2) is 82.6 Å². The van der Waals surface area contributed by atoms with E-state index in [2.05, 4.69) is 5.32 Å².